The number of hydrogen-bond acceptors (Lipinski definition) is 5. The average molecular weight is 373 g/mol. The quantitative estimate of drug-likeness (QED) is 0.805. The number of piperazine rings is 1. The first kappa shape index (κ1) is 18.7. The second-order valence-corrected chi connectivity index (χ2v) is 8.21. The summed E-state index contributed by atoms with van der Waals surface area (Å²) in [6, 6.07) is 11.1. The molecule has 0 atom stereocenters. The minimum absolute atomic E-state index is 0.178. The monoisotopic (exact) mass is 372 g/mol. The van der Waals surface area contributed by atoms with E-state index >= 15 is 0 Å². The number of carbonyl (C=O) groups is 1. The number of rotatable bonds is 4. The van der Waals surface area contributed by atoms with Gasteiger partial charge in [0.05, 0.1) is 0 Å². The topological polar surface area (TPSA) is 39.3 Å². The van der Waals surface area contributed by atoms with Crippen LogP contribution in [0.2, 0.25) is 0 Å². The van der Waals surface area contributed by atoms with Gasteiger partial charge in [-0.2, -0.15) is 0 Å². The van der Waals surface area contributed by atoms with Gasteiger partial charge in [0.25, 0.3) is 0 Å². The number of ether oxygens (including phenoxy) is 1. The van der Waals surface area contributed by atoms with E-state index in [1.165, 1.54) is 39.0 Å². The van der Waals surface area contributed by atoms with Crippen LogP contribution in [-0.2, 0) is 11.3 Å². The molecule has 6 heteroatoms. The fourth-order valence-electron chi connectivity index (χ4n) is 4.45. The highest BCUT2D eigenvalue weighted by atomic mass is 16.6. The predicted molar refractivity (Wildman–Crippen MR) is 106 cm³/mol. The molecule has 148 valence electrons. The number of piperidine rings is 1. The standard InChI is InChI=1S/C21H32N4O2/c1-22-11-13-24(14-12-22)19-7-9-23(10-8-19)20-15-25(16-20)21(26)27-17-18-5-3-2-4-6-18/h2-6,19-20H,7-17H2,1H3. The van der Waals surface area contributed by atoms with Crippen LogP contribution < -0.4 is 0 Å². The Morgan fingerprint density at radius 3 is 2.22 bits per heavy atom. The molecule has 3 aliphatic heterocycles. The van der Waals surface area contributed by atoms with E-state index in [4.69, 9.17) is 4.74 Å². The van der Waals surface area contributed by atoms with Gasteiger partial charge in [0.1, 0.15) is 6.61 Å². The highest BCUT2D eigenvalue weighted by molar-refractivity contribution is 5.68. The summed E-state index contributed by atoms with van der Waals surface area (Å²) in [5.41, 5.74) is 1.04. The Kier molecular flexibility index (Phi) is 5.95. The van der Waals surface area contributed by atoms with E-state index in [-0.39, 0.29) is 6.09 Å². The Balaban J connectivity index is 1.15. The maximum absolute atomic E-state index is 12.2. The number of carbonyl (C=O) groups excluding carboxylic acids is 1. The Morgan fingerprint density at radius 1 is 0.926 bits per heavy atom. The van der Waals surface area contributed by atoms with E-state index in [1.807, 2.05) is 35.2 Å². The normalized spacial score (nSPS) is 24.0. The van der Waals surface area contributed by atoms with E-state index in [0.29, 0.717) is 12.6 Å². The molecule has 1 aromatic rings. The van der Waals surface area contributed by atoms with Gasteiger partial charge < -0.3 is 14.5 Å². The SMILES string of the molecule is CN1CCN(C2CCN(C3CN(C(=O)OCc4ccccc4)C3)CC2)CC1. The van der Waals surface area contributed by atoms with Gasteiger partial charge in [0.15, 0.2) is 0 Å². The van der Waals surface area contributed by atoms with Crippen molar-refractivity contribution in [2.24, 2.45) is 0 Å². The van der Waals surface area contributed by atoms with Gasteiger partial charge in [-0.25, -0.2) is 4.79 Å². The van der Waals surface area contributed by atoms with Gasteiger partial charge in [-0.3, -0.25) is 9.80 Å². The van der Waals surface area contributed by atoms with Gasteiger partial charge >= 0.3 is 6.09 Å². The van der Waals surface area contributed by atoms with Crippen LogP contribution >= 0.6 is 0 Å². The molecule has 0 aliphatic carbocycles. The maximum Gasteiger partial charge on any atom is 0.410 e. The summed E-state index contributed by atoms with van der Waals surface area (Å²) in [6.07, 6.45) is 2.35. The largest absolute Gasteiger partial charge is 0.445 e. The van der Waals surface area contributed by atoms with Crippen LogP contribution in [0.3, 0.4) is 0 Å². The number of likely N-dealkylation sites (N-methyl/N-ethyl adjacent to an activating group) is 1. The lowest BCUT2D eigenvalue weighted by molar-refractivity contribution is -0.00492. The van der Waals surface area contributed by atoms with Crippen molar-refractivity contribution >= 4 is 6.09 Å². The third kappa shape index (κ3) is 4.62. The molecule has 4 rings (SSSR count). The van der Waals surface area contributed by atoms with E-state index in [9.17, 15) is 4.79 Å². The molecule has 0 aromatic heterocycles. The van der Waals surface area contributed by atoms with E-state index in [0.717, 1.165) is 37.8 Å². The first-order valence-corrected chi connectivity index (χ1v) is 10.3. The van der Waals surface area contributed by atoms with Crippen LogP contribution in [0, 0.1) is 0 Å². The van der Waals surface area contributed by atoms with Gasteiger partial charge in [-0.05, 0) is 25.5 Å². The molecule has 3 aliphatic rings. The van der Waals surface area contributed by atoms with Crippen molar-refractivity contribution in [2.75, 3.05) is 59.4 Å². The van der Waals surface area contributed by atoms with Crippen LogP contribution in [0.15, 0.2) is 30.3 Å². The summed E-state index contributed by atoms with van der Waals surface area (Å²) < 4.78 is 5.43. The molecule has 0 unspecified atom stereocenters. The van der Waals surface area contributed by atoms with Gasteiger partial charge in [-0.15, -0.1) is 0 Å². The molecule has 1 aromatic carbocycles. The summed E-state index contributed by atoms with van der Waals surface area (Å²) in [7, 11) is 2.22. The Bertz CT molecular complexity index is 604. The molecule has 3 fully saturated rings. The molecule has 6 nitrogen and oxygen atoms in total. The lowest BCUT2D eigenvalue weighted by Gasteiger charge is -2.48. The number of hydrogen-bond donors (Lipinski definition) is 0. The molecular formula is C21H32N4O2. The van der Waals surface area contributed by atoms with Crippen LogP contribution in [-0.4, -0.2) is 97.2 Å². The van der Waals surface area contributed by atoms with Crippen LogP contribution in [0.4, 0.5) is 4.79 Å². The third-order valence-corrected chi connectivity index (χ3v) is 6.40. The molecule has 3 saturated heterocycles. The molecule has 0 saturated carbocycles. The average Bonchev–Trinajstić information content (AvgIpc) is 2.67. The van der Waals surface area contributed by atoms with Gasteiger partial charge in [0, 0.05) is 64.4 Å². The Labute approximate surface area is 162 Å². The minimum Gasteiger partial charge on any atom is -0.445 e. The van der Waals surface area contributed by atoms with Crippen LogP contribution in [0.1, 0.15) is 18.4 Å². The minimum atomic E-state index is -0.178. The summed E-state index contributed by atoms with van der Waals surface area (Å²) in [5.74, 6) is 0. The summed E-state index contributed by atoms with van der Waals surface area (Å²) in [4.78, 5) is 21.7. The van der Waals surface area contributed by atoms with Gasteiger partial charge in [0.2, 0.25) is 0 Å². The number of benzene rings is 1. The van der Waals surface area contributed by atoms with Crippen molar-refractivity contribution in [3.8, 4) is 0 Å². The lowest BCUT2D eigenvalue weighted by Crippen LogP contribution is -2.63. The molecule has 1 amide bonds. The first-order chi connectivity index (χ1) is 13.2. The predicted octanol–water partition coefficient (Wildman–Crippen LogP) is 1.72. The Morgan fingerprint density at radius 2 is 1.56 bits per heavy atom. The van der Waals surface area contributed by atoms with Crippen molar-refractivity contribution in [3.05, 3.63) is 35.9 Å². The molecule has 0 N–H and O–H groups in total. The molecule has 0 bridgehead atoms. The van der Waals surface area contributed by atoms with E-state index in [2.05, 4.69) is 21.7 Å². The van der Waals surface area contributed by atoms with Crippen molar-refractivity contribution in [2.45, 2.75) is 31.5 Å². The summed E-state index contributed by atoms with van der Waals surface area (Å²) in [6.45, 7) is 9.13. The number of likely N-dealkylation sites (tertiary alicyclic amines) is 2. The highest BCUT2D eigenvalue weighted by Gasteiger charge is 2.38. The van der Waals surface area contributed by atoms with Crippen LogP contribution in [0.5, 0.6) is 0 Å². The Hall–Kier alpha value is -1.63. The third-order valence-electron chi connectivity index (χ3n) is 6.40. The first-order valence-electron chi connectivity index (χ1n) is 10.3. The molecule has 27 heavy (non-hydrogen) atoms. The zero-order valence-corrected chi connectivity index (χ0v) is 16.4. The zero-order chi connectivity index (χ0) is 18.6. The molecular weight excluding hydrogens is 340 g/mol. The van der Waals surface area contributed by atoms with Crippen molar-refractivity contribution in [1.29, 1.82) is 0 Å². The number of amides is 1. The van der Waals surface area contributed by atoms with Crippen molar-refractivity contribution < 1.29 is 9.53 Å². The zero-order valence-electron chi connectivity index (χ0n) is 16.4. The molecule has 0 spiro atoms. The second kappa shape index (κ2) is 8.59. The lowest BCUT2D eigenvalue weighted by atomic mass is 9.98. The second-order valence-electron chi connectivity index (χ2n) is 8.21. The fourth-order valence-corrected chi connectivity index (χ4v) is 4.45. The highest BCUT2D eigenvalue weighted by Crippen LogP contribution is 2.24. The summed E-state index contributed by atoms with van der Waals surface area (Å²) in [5, 5.41) is 0. The smallest absolute Gasteiger partial charge is 0.410 e. The van der Waals surface area contributed by atoms with Crippen molar-refractivity contribution in [3.63, 3.8) is 0 Å². The summed E-state index contributed by atoms with van der Waals surface area (Å²) >= 11 is 0. The maximum atomic E-state index is 12.2. The molecule has 3 heterocycles. The van der Waals surface area contributed by atoms with E-state index in [1.54, 1.807) is 0 Å². The van der Waals surface area contributed by atoms with Crippen molar-refractivity contribution in [1.82, 2.24) is 19.6 Å². The van der Waals surface area contributed by atoms with Gasteiger partial charge in [-0.1, -0.05) is 30.3 Å². The van der Waals surface area contributed by atoms with E-state index < -0.39 is 0 Å². The molecule has 0 radical (unpaired) electrons. The fraction of sp³-hybridized carbons (Fsp3) is 0.667. The van der Waals surface area contributed by atoms with Crippen LogP contribution in [0.25, 0.3) is 0 Å². The number of nitrogens with zero attached hydrogens (tertiary/aromatic N) is 4.